The minimum atomic E-state index is -0.929. The lowest BCUT2D eigenvalue weighted by molar-refractivity contribution is 0.0697. The summed E-state index contributed by atoms with van der Waals surface area (Å²) in [5.41, 5.74) is 7.58. The number of carboxylic acid groups (broad SMARTS) is 1. The molecule has 0 bridgehead atoms. The van der Waals surface area contributed by atoms with E-state index in [-0.39, 0.29) is 5.56 Å². The van der Waals surface area contributed by atoms with Crippen molar-refractivity contribution in [2.75, 3.05) is 17.7 Å². The number of rotatable bonds is 5. The summed E-state index contributed by atoms with van der Waals surface area (Å²) >= 11 is 0. The number of carboxylic acids is 1. The molecule has 0 heterocycles. The summed E-state index contributed by atoms with van der Waals surface area (Å²) < 4.78 is 0. The van der Waals surface area contributed by atoms with Gasteiger partial charge in [0.25, 0.3) is 0 Å². The largest absolute Gasteiger partial charge is 0.478 e. The topological polar surface area (TPSA) is 66.6 Å². The van der Waals surface area contributed by atoms with Gasteiger partial charge in [0.2, 0.25) is 0 Å². The Kier molecular flexibility index (Phi) is 4.59. The third-order valence-corrected chi connectivity index (χ3v) is 3.13. The van der Waals surface area contributed by atoms with Crippen molar-refractivity contribution in [1.29, 1.82) is 0 Å². The van der Waals surface area contributed by atoms with Crippen LogP contribution in [0, 0.1) is 5.92 Å². The zero-order chi connectivity index (χ0) is 13.9. The fraction of sp³-hybridized carbons (Fsp3) is 0.500. The quantitative estimate of drug-likeness (QED) is 0.789. The molecule has 0 saturated heterocycles. The van der Waals surface area contributed by atoms with Gasteiger partial charge in [0.1, 0.15) is 0 Å². The van der Waals surface area contributed by atoms with Gasteiger partial charge in [-0.3, -0.25) is 0 Å². The Morgan fingerprint density at radius 3 is 2.50 bits per heavy atom. The highest BCUT2D eigenvalue weighted by molar-refractivity contribution is 5.90. The molecule has 1 atom stereocenters. The van der Waals surface area contributed by atoms with Crippen LogP contribution < -0.4 is 10.6 Å². The summed E-state index contributed by atoms with van der Waals surface area (Å²) in [5, 5.41) is 9.01. The molecule has 1 aromatic carbocycles. The molecule has 0 saturated carbocycles. The maximum absolute atomic E-state index is 11.0. The molecule has 0 aromatic heterocycles. The SMILES string of the molecule is CC(C)CC(C)N(C)c1cc(C(=O)O)ccc1N. The van der Waals surface area contributed by atoms with E-state index in [1.807, 2.05) is 11.9 Å². The molecule has 0 fully saturated rings. The Bertz CT molecular complexity index is 430. The van der Waals surface area contributed by atoms with Crippen molar-refractivity contribution < 1.29 is 9.90 Å². The second-order valence-corrected chi connectivity index (χ2v) is 5.17. The predicted molar refractivity (Wildman–Crippen MR) is 75.1 cm³/mol. The van der Waals surface area contributed by atoms with Crippen molar-refractivity contribution in [3.8, 4) is 0 Å². The van der Waals surface area contributed by atoms with Crippen molar-refractivity contribution in [3.63, 3.8) is 0 Å². The molecule has 1 rings (SSSR count). The van der Waals surface area contributed by atoms with E-state index in [0.29, 0.717) is 17.6 Å². The van der Waals surface area contributed by atoms with Gasteiger partial charge in [-0.1, -0.05) is 13.8 Å². The van der Waals surface area contributed by atoms with Crippen LogP contribution >= 0.6 is 0 Å². The van der Waals surface area contributed by atoms with Crippen molar-refractivity contribution >= 4 is 17.3 Å². The van der Waals surface area contributed by atoms with Gasteiger partial charge in [-0.2, -0.15) is 0 Å². The maximum Gasteiger partial charge on any atom is 0.335 e. The van der Waals surface area contributed by atoms with Crippen molar-refractivity contribution in [1.82, 2.24) is 0 Å². The standard InChI is InChI=1S/C14H22N2O2/c1-9(2)7-10(3)16(4)13-8-11(14(17)18)5-6-12(13)15/h5-6,8-10H,7,15H2,1-4H3,(H,17,18). The van der Waals surface area contributed by atoms with Crippen molar-refractivity contribution in [2.24, 2.45) is 5.92 Å². The molecule has 0 amide bonds. The molecule has 3 N–H and O–H groups in total. The van der Waals surface area contributed by atoms with Gasteiger partial charge in [-0.15, -0.1) is 0 Å². The summed E-state index contributed by atoms with van der Waals surface area (Å²) in [6, 6.07) is 5.13. The fourth-order valence-electron chi connectivity index (χ4n) is 2.06. The highest BCUT2D eigenvalue weighted by Gasteiger charge is 2.15. The van der Waals surface area contributed by atoms with Gasteiger partial charge in [0.05, 0.1) is 16.9 Å². The van der Waals surface area contributed by atoms with Gasteiger partial charge >= 0.3 is 5.97 Å². The lowest BCUT2D eigenvalue weighted by Crippen LogP contribution is -2.30. The van der Waals surface area contributed by atoms with Crippen LogP contribution in [0.2, 0.25) is 0 Å². The molecule has 1 aromatic rings. The zero-order valence-corrected chi connectivity index (χ0v) is 11.5. The first-order chi connectivity index (χ1) is 8.32. The molecule has 0 aliphatic rings. The van der Waals surface area contributed by atoms with Crippen LogP contribution in [0.25, 0.3) is 0 Å². The molecule has 0 aliphatic carbocycles. The van der Waals surface area contributed by atoms with Crippen molar-refractivity contribution in [3.05, 3.63) is 23.8 Å². The van der Waals surface area contributed by atoms with Gasteiger partial charge in [-0.25, -0.2) is 4.79 Å². The molecular weight excluding hydrogens is 228 g/mol. The van der Waals surface area contributed by atoms with E-state index in [1.165, 1.54) is 6.07 Å². The first-order valence-corrected chi connectivity index (χ1v) is 6.18. The van der Waals surface area contributed by atoms with Crippen LogP contribution in [0.5, 0.6) is 0 Å². The predicted octanol–water partition coefficient (Wildman–Crippen LogP) is 2.84. The number of nitrogens with zero attached hydrogens (tertiary/aromatic N) is 1. The maximum atomic E-state index is 11.0. The van der Waals surface area contributed by atoms with Crippen LogP contribution in [0.4, 0.5) is 11.4 Å². The number of nitrogens with two attached hydrogens (primary N) is 1. The number of hydrogen-bond acceptors (Lipinski definition) is 3. The van der Waals surface area contributed by atoms with E-state index in [0.717, 1.165) is 12.1 Å². The normalized spacial score (nSPS) is 12.5. The van der Waals surface area contributed by atoms with Gasteiger partial charge in [0.15, 0.2) is 0 Å². The summed E-state index contributed by atoms with van der Waals surface area (Å²) in [7, 11) is 1.95. The number of nitrogen functional groups attached to an aromatic ring is 1. The van der Waals surface area contributed by atoms with Crippen LogP contribution in [0.1, 0.15) is 37.6 Å². The van der Waals surface area contributed by atoms with E-state index < -0.39 is 5.97 Å². The van der Waals surface area contributed by atoms with E-state index >= 15 is 0 Å². The molecule has 100 valence electrons. The summed E-state index contributed by atoms with van der Waals surface area (Å²) in [6.45, 7) is 6.45. The van der Waals surface area contributed by atoms with Gasteiger partial charge in [-0.05, 0) is 37.5 Å². The fourth-order valence-corrected chi connectivity index (χ4v) is 2.06. The van der Waals surface area contributed by atoms with E-state index in [4.69, 9.17) is 10.8 Å². The number of hydrogen-bond donors (Lipinski definition) is 2. The lowest BCUT2D eigenvalue weighted by atomic mass is 10.0. The molecule has 4 heteroatoms. The summed E-state index contributed by atoms with van der Waals surface area (Å²) in [4.78, 5) is 13.0. The number of benzene rings is 1. The Hall–Kier alpha value is -1.71. The van der Waals surface area contributed by atoms with Crippen molar-refractivity contribution in [2.45, 2.75) is 33.2 Å². The van der Waals surface area contributed by atoms with Gasteiger partial charge < -0.3 is 15.7 Å². The molecule has 0 aliphatic heterocycles. The van der Waals surface area contributed by atoms with Crippen LogP contribution in [0.15, 0.2) is 18.2 Å². The first kappa shape index (κ1) is 14.4. The molecule has 4 nitrogen and oxygen atoms in total. The third kappa shape index (κ3) is 3.39. The van der Waals surface area contributed by atoms with Gasteiger partial charge in [0, 0.05) is 13.1 Å². The molecule has 0 radical (unpaired) electrons. The minimum Gasteiger partial charge on any atom is -0.478 e. The second kappa shape index (κ2) is 5.76. The molecular formula is C14H22N2O2. The smallest absolute Gasteiger partial charge is 0.335 e. The Morgan fingerprint density at radius 2 is 2.00 bits per heavy atom. The lowest BCUT2D eigenvalue weighted by Gasteiger charge is -2.29. The Balaban J connectivity index is 3.00. The van der Waals surface area contributed by atoms with E-state index in [1.54, 1.807) is 12.1 Å². The summed E-state index contributed by atoms with van der Waals surface area (Å²) in [5.74, 6) is -0.340. The summed E-state index contributed by atoms with van der Waals surface area (Å²) in [6.07, 6.45) is 1.03. The highest BCUT2D eigenvalue weighted by atomic mass is 16.4. The van der Waals surface area contributed by atoms with Crippen LogP contribution in [-0.2, 0) is 0 Å². The highest BCUT2D eigenvalue weighted by Crippen LogP contribution is 2.26. The molecule has 0 spiro atoms. The second-order valence-electron chi connectivity index (χ2n) is 5.17. The number of carbonyl (C=O) groups is 1. The zero-order valence-electron chi connectivity index (χ0n) is 11.5. The average molecular weight is 250 g/mol. The van der Waals surface area contributed by atoms with E-state index in [9.17, 15) is 4.79 Å². The number of anilines is 2. The monoisotopic (exact) mass is 250 g/mol. The third-order valence-electron chi connectivity index (χ3n) is 3.13. The van der Waals surface area contributed by atoms with E-state index in [2.05, 4.69) is 20.8 Å². The molecule has 1 unspecified atom stereocenters. The Labute approximate surface area is 108 Å². The molecule has 18 heavy (non-hydrogen) atoms. The minimum absolute atomic E-state index is 0.266. The average Bonchev–Trinajstić information content (AvgIpc) is 2.27. The van der Waals surface area contributed by atoms with Crippen LogP contribution in [0.3, 0.4) is 0 Å². The number of aromatic carboxylic acids is 1. The Morgan fingerprint density at radius 1 is 1.39 bits per heavy atom. The first-order valence-electron chi connectivity index (χ1n) is 6.18. The van der Waals surface area contributed by atoms with Crippen LogP contribution in [-0.4, -0.2) is 24.2 Å².